The van der Waals surface area contributed by atoms with Crippen molar-refractivity contribution in [2.75, 3.05) is 17.1 Å². The van der Waals surface area contributed by atoms with Crippen LogP contribution >= 0.6 is 34.8 Å². The first-order valence-corrected chi connectivity index (χ1v) is 16.8. The van der Waals surface area contributed by atoms with Gasteiger partial charge in [-0.2, -0.15) is 0 Å². The number of anilines is 1. The van der Waals surface area contributed by atoms with E-state index in [0.717, 1.165) is 48.2 Å². The molecule has 3 aromatic carbocycles. The summed E-state index contributed by atoms with van der Waals surface area (Å²) in [4.78, 5) is 29.6. The lowest BCUT2D eigenvalue weighted by atomic mass is 9.94. The zero-order valence-corrected chi connectivity index (χ0v) is 26.4. The number of carbonyl (C=O) groups is 2. The van der Waals surface area contributed by atoms with Crippen LogP contribution in [0, 0.1) is 0 Å². The molecule has 1 aliphatic rings. The van der Waals surface area contributed by atoms with E-state index in [2.05, 4.69) is 5.32 Å². The Kier molecular flexibility index (Phi) is 11.2. The molecule has 0 aliphatic heterocycles. The third-order valence-corrected chi connectivity index (χ3v) is 9.43. The molecule has 224 valence electrons. The number of nitrogens with zero attached hydrogens (tertiary/aromatic N) is 2. The van der Waals surface area contributed by atoms with Crippen LogP contribution in [0.5, 0.6) is 0 Å². The fourth-order valence-corrected chi connectivity index (χ4v) is 6.66. The van der Waals surface area contributed by atoms with Gasteiger partial charge in [0.05, 0.1) is 17.0 Å². The highest BCUT2D eigenvalue weighted by molar-refractivity contribution is 7.92. The van der Waals surface area contributed by atoms with Gasteiger partial charge in [0.1, 0.15) is 12.6 Å². The summed E-state index contributed by atoms with van der Waals surface area (Å²) in [5.41, 5.74) is 1.56. The molecule has 7 nitrogen and oxygen atoms in total. The summed E-state index contributed by atoms with van der Waals surface area (Å²) >= 11 is 19.0. The fourth-order valence-electron chi connectivity index (χ4n) is 5.18. The SMILES string of the molecule is CS(=O)(=O)N(CC(=O)N(Cc1ccccc1Cl)[C@@H](Cc1ccccc1)C(=O)NC1CCCCC1)c1cc(Cl)ccc1Cl. The Balaban J connectivity index is 1.75. The van der Waals surface area contributed by atoms with Gasteiger partial charge in [0, 0.05) is 29.1 Å². The molecule has 0 unspecified atom stereocenters. The Morgan fingerprint density at radius 1 is 0.905 bits per heavy atom. The van der Waals surface area contributed by atoms with Crippen molar-refractivity contribution in [3.63, 3.8) is 0 Å². The van der Waals surface area contributed by atoms with E-state index in [1.54, 1.807) is 24.3 Å². The van der Waals surface area contributed by atoms with Crippen molar-refractivity contribution in [3.8, 4) is 0 Å². The van der Waals surface area contributed by atoms with Crippen LogP contribution in [0.25, 0.3) is 0 Å². The second-order valence-corrected chi connectivity index (χ2v) is 13.7. The number of benzene rings is 3. The van der Waals surface area contributed by atoms with Gasteiger partial charge < -0.3 is 10.2 Å². The monoisotopic (exact) mass is 649 g/mol. The largest absolute Gasteiger partial charge is 0.352 e. The van der Waals surface area contributed by atoms with E-state index in [-0.39, 0.29) is 40.6 Å². The molecule has 42 heavy (non-hydrogen) atoms. The predicted octanol–water partition coefficient (Wildman–Crippen LogP) is 6.50. The highest BCUT2D eigenvalue weighted by atomic mass is 35.5. The normalized spacial score (nSPS) is 14.7. The van der Waals surface area contributed by atoms with E-state index in [4.69, 9.17) is 34.8 Å². The average molecular weight is 651 g/mol. The number of hydrogen-bond donors (Lipinski definition) is 1. The van der Waals surface area contributed by atoms with Crippen molar-refractivity contribution >= 4 is 62.3 Å². The molecule has 0 aromatic heterocycles. The lowest BCUT2D eigenvalue weighted by Crippen LogP contribution is -2.55. The summed E-state index contributed by atoms with van der Waals surface area (Å²) < 4.78 is 26.9. The van der Waals surface area contributed by atoms with Gasteiger partial charge in [-0.1, -0.05) is 103 Å². The second kappa shape index (κ2) is 14.6. The fraction of sp³-hybridized carbons (Fsp3) is 0.355. The number of carbonyl (C=O) groups excluding carboxylic acids is 2. The van der Waals surface area contributed by atoms with Crippen LogP contribution in [0.4, 0.5) is 5.69 Å². The number of rotatable bonds is 11. The Bertz CT molecular complexity index is 1500. The van der Waals surface area contributed by atoms with Gasteiger partial charge in [-0.3, -0.25) is 13.9 Å². The quantitative estimate of drug-likeness (QED) is 0.257. The molecular formula is C31H34Cl3N3O4S. The molecule has 1 fully saturated rings. The number of nitrogens with one attached hydrogen (secondary N) is 1. The maximum Gasteiger partial charge on any atom is 0.244 e. The second-order valence-electron chi connectivity index (χ2n) is 10.5. The van der Waals surface area contributed by atoms with E-state index in [1.165, 1.54) is 23.1 Å². The van der Waals surface area contributed by atoms with E-state index < -0.39 is 28.5 Å². The molecular weight excluding hydrogens is 617 g/mol. The molecule has 0 bridgehead atoms. The van der Waals surface area contributed by atoms with Crippen LogP contribution in [-0.4, -0.2) is 50.0 Å². The molecule has 0 spiro atoms. The summed E-state index contributed by atoms with van der Waals surface area (Å²) in [6.45, 7) is -0.597. The van der Waals surface area contributed by atoms with Crippen LogP contribution in [0.3, 0.4) is 0 Å². The Morgan fingerprint density at radius 2 is 1.57 bits per heavy atom. The Hall–Kier alpha value is -2.78. The molecule has 0 radical (unpaired) electrons. The third-order valence-electron chi connectivity index (χ3n) is 7.38. The zero-order valence-electron chi connectivity index (χ0n) is 23.3. The molecule has 1 N–H and O–H groups in total. The van der Waals surface area contributed by atoms with Crippen LogP contribution in [0.2, 0.25) is 15.1 Å². The third kappa shape index (κ3) is 8.63. The van der Waals surface area contributed by atoms with Gasteiger partial charge in [-0.15, -0.1) is 0 Å². The zero-order chi connectivity index (χ0) is 30.3. The minimum atomic E-state index is -3.98. The molecule has 0 saturated heterocycles. The van der Waals surface area contributed by atoms with Crippen LogP contribution in [-0.2, 0) is 32.6 Å². The highest BCUT2D eigenvalue weighted by Crippen LogP contribution is 2.31. The van der Waals surface area contributed by atoms with Crippen molar-refractivity contribution in [3.05, 3.63) is 99.0 Å². The van der Waals surface area contributed by atoms with Crippen molar-refractivity contribution in [2.45, 2.75) is 57.2 Å². The van der Waals surface area contributed by atoms with E-state index in [0.29, 0.717) is 10.6 Å². The minimum Gasteiger partial charge on any atom is -0.352 e. The maximum absolute atomic E-state index is 14.2. The first kappa shape index (κ1) is 32.1. The van der Waals surface area contributed by atoms with Gasteiger partial charge >= 0.3 is 0 Å². The number of sulfonamides is 1. The van der Waals surface area contributed by atoms with E-state index in [9.17, 15) is 18.0 Å². The van der Waals surface area contributed by atoms with E-state index >= 15 is 0 Å². The topological polar surface area (TPSA) is 86.8 Å². The van der Waals surface area contributed by atoms with Gasteiger partial charge in [-0.25, -0.2) is 8.42 Å². The first-order valence-electron chi connectivity index (χ1n) is 13.8. The number of hydrogen-bond acceptors (Lipinski definition) is 4. The molecule has 4 rings (SSSR count). The lowest BCUT2D eigenvalue weighted by Gasteiger charge is -2.35. The minimum absolute atomic E-state index is 0.00499. The average Bonchev–Trinajstić information content (AvgIpc) is 2.96. The van der Waals surface area contributed by atoms with Crippen molar-refractivity contribution in [1.29, 1.82) is 0 Å². The van der Waals surface area contributed by atoms with Gasteiger partial charge in [0.15, 0.2) is 0 Å². The molecule has 1 aliphatic carbocycles. The molecule has 0 heterocycles. The standard InChI is InChI=1S/C31H34Cl3N3O4S/c1-42(40,41)37(28-19-24(32)16-17-27(28)34)21-30(38)36(20-23-12-8-9-15-26(23)33)29(18-22-10-4-2-5-11-22)31(39)35-25-13-6-3-7-14-25/h2,4-5,8-12,15-17,19,25,29H,3,6-7,13-14,18,20-21H2,1H3,(H,35,39)/t29-/m0/s1. The number of halogens is 3. The first-order chi connectivity index (χ1) is 20.0. The van der Waals surface area contributed by atoms with E-state index in [1.807, 2.05) is 30.3 Å². The molecule has 1 saturated carbocycles. The summed E-state index contributed by atoms with van der Waals surface area (Å²) in [5.74, 6) is -0.881. The van der Waals surface area contributed by atoms with Crippen molar-refractivity contribution in [1.82, 2.24) is 10.2 Å². The molecule has 11 heteroatoms. The Labute approximate surface area is 262 Å². The van der Waals surface area contributed by atoms with Crippen LogP contribution in [0.15, 0.2) is 72.8 Å². The molecule has 1 atom stereocenters. The Morgan fingerprint density at radius 3 is 2.24 bits per heavy atom. The van der Waals surface area contributed by atoms with Crippen LogP contribution in [0.1, 0.15) is 43.2 Å². The highest BCUT2D eigenvalue weighted by Gasteiger charge is 2.34. The van der Waals surface area contributed by atoms with Gasteiger partial charge in [-0.05, 0) is 48.2 Å². The summed E-state index contributed by atoms with van der Waals surface area (Å²) in [5, 5.41) is 3.98. The van der Waals surface area contributed by atoms with Crippen molar-refractivity contribution in [2.24, 2.45) is 0 Å². The predicted molar refractivity (Wildman–Crippen MR) is 170 cm³/mol. The van der Waals surface area contributed by atoms with Gasteiger partial charge in [0.25, 0.3) is 0 Å². The van der Waals surface area contributed by atoms with Crippen LogP contribution < -0.4 is 9.62 Å². The smallest absolute Gasteiger partial charge is 0.244 e. The van der Waals surface area contributed by atoms with Gasteiger partial charge in [0.2, 0.25) is 21.8 Å². The van der Waals surface area contributed by atoms with Crippen molar-refractivity contribution < 1.29 is 18.0 Å². The molecule has 3 aromatic rings. The summed E-state index contributed by atoms with van der Waals surface area (Å²) in [7, 11) is -3.98. The maximum atomic E-state index is 14.2. The summed E-state index contributed by atoms with van der Waals surface area (Å²) in [6.07, 6.45) is 6.15. The molecule has 2 amide bonds. The number of amides is 2. The lowest BCUT2D eigenvalue weighted by molar-refractivity contribution is -0.140. The summed E-state index contributed by atoms with van der Waals surface area (Å²) in [6, 6.07) is 20.0.